The van der Waals surface area contributed by atoms with Crippen LogP contribution in [0.2, 0.25) is 0 Å². The minimum Gasteiger partial charge on any atom is -0.490 e. The molecule has 0 aromatic heterocycles. The van der Waals surface area contributed by atoms with Crippen molar-refractivity contribution in [3.05, 3.63) is 85.0 Å². The smallest absolute Gasteiger partial charge is 0.330 e. The zero-order valence-electron chi connectivity index (χ0n) is 21.0. The third-order valence-corrected chi connectivity index (χ3v) is 5.73. The Hall–Kier alpha value is -3.54. The van der Waals surface area contributed by atoms with Crippen molar-refractivity contribution in [1.29, 1.82) is 0 Å². The number of ether oxygens (including phenoxy) is 4. The van der Waals surface area contributed by atoms with Crippen LogP contribution in [0.1, 0.15) is 44.7 Å². The van der Waals surface area contributed by atoms with Gasteiger partial charge in [-0.2, -0.15) is 0 Å². The Bertz CT molecular complexity index is 888. The van der Waals surface area contributed by atoms with Crippen molar-refractivity contribution in [3.63, 3.8) is 0 Å². The second-order valence-corrected chi connectivity index (χ2v) is 8.75. The van der Waals surface area contributed by atoms with Crippen LogP contribution >= 0.6 is 0 Å². The number of carbonyl (C=O) groups is 2. The molecule has 0 aliphatic carbocycles. The molecule has 6 nitrogen and oxygen atoms in total. The van der Waals surface area contributed by atoms with Crippen molar-refractivity contribution in [3.8, 4) is 11.5 Å². The molecule has 0 heterocycles. The maximum atomic E-state index is 11.1. The van der Waals surface area contributed by atoms with Crippen molar-refractivity contribution in [2.75, 3.05) is 26.4 Å². The molecule has 0 spiro atoms. The number of carbonyl (C=O) groups excluding carboxylic acids is 2. The Morgan fingerprint density at radius 2 is 1.17 bits per heavy atom. The summed E-state index contributed by atoms with van der Waals surface area (Å²) in [6, 6.07) is 16.1. The van der Waals surface area contributed by atoms with Gasteiger partial charge in [-0.15, -0.1) is 0 Å². The van der Waals surface area contributed by atoms with E-state index in [0.717, 1.165) is 36.5 Å². The molecule has 0 aliphatic heterocycles. The molecule has 0 amide bonds. The highest BCUT2D eigenvalue weighted by molar-refractivity contribution is 5.81. The van der Waals surface area contributed by atoms with Gasteiger partial charge in [0, 0.05) is 17.6 Å². The molecular formula is C29H36O6. The van der Waals surface area contributed by atoms with E-state index in [1.165, 1.54) is 11.1 Å². The molecular weight excluding hydrogens is 444 g/mol. The van der Waals surface area contributed by atoms with Crippen LogP contribution in [-0.2, 0) is 24.5 Å². The lowest BCUT2D eigenvalue weighted by atomic mass is 9.72. The summed E-state index contributed by atoms with van der Waals surface area (Å²) in [7, 11) is 0. The normalized spacial score (nSPS) is 11.0. The van der Waals surface area contributed by atoms with Gasteiger partial charge in [-0.3, -0.25) is 0 Å². The van der Waals surface area contributed by atoms with E-state index in [1.807, 2.05) is 24.3 Å². The van der Waals surface area contributed by atoms with E-state index in [2.05, 4.69) is 58.2 Å². The highest BCUT2D eigenvalue weighted by Crippen LogP contribution is 2.38. The summed E-state index contributed by atoms with van der Waals surface area (Å²) in [4.78, 5) is 22.2. The van der Waals surface area contributed by atoms with Crippen LogP contribution in [0.15, 0.2) is 73.8 Å². The molecule has 0 saturated heterocycles. The molecule has 0 atom stereocenters. The summed E-state index contributed by atoms with van der Waals surface area (Å²) in [6.07, 6.45) is 4.33. The fourth-order valence-electron chi connectivity index (χ4n) is 3.59. The van der Waals surface area contributed by atoms with Crippen molar-refractivity contribution in [2.24, 2.45) is 5.92 Å². The van der Waals surface area contributed by atoms with Gasteiger partial charge in [-0.1, -0.05) is 58.2 Å². The predicted octanol–water partition coefficient (Wildman–Crippen LogP) is 5.64. The predicted molar refractivity (Wildman–Crippen MR) is 137 cm³/mol. The van der Waals surface area contributed by atoms with E-state index in [0.29, 0.717) is 5.92 Å². The van der Waals surface area contributed by atoms with E-state index in [4.69, 9.17) is 18.9 Å². The van der Waals surface area contributed by atoms with E-state index in [-0.39, 0.29) is 31.8 Å². The lowest BCUT2D eigenvalue weighted by molar-refractivity contribution is -0.139. The monoisotopic (exact) mass is 480 g/mol. The Morgan fingerprint density at radius 1 is 0.771 bits per heavy atom. The molecule has 2 aromatic rings. The molecule has 0 N–H and O–H groups in total. The van der Waals surface area contributed by atoms with Crippen molar-refractivity contribution in [1.82, 2.24) is 0 Å². The maximum Gasteiger partial charge on any atom is 0.330 e. The minimum absolute atomic E-state index is 0.170. The van der Waals surface area contributed by atoms with Gasteiger partial charge in [0.15, 0.2) is 0 Å². The third kappa shape index (κ3) is 8.96. The van der Waals surface area contributed by atoms with Crippen molar-refractivity contribution >= 4 is 11.9 Å². The van der Waals surface area contributed by atoms with Gasteiger partial charge in [0.1, 0.15) is 37.9 Å². The van der Waals surface area contributed by atoms with Crippen LogP contribution in [0, 0.1) is 5.92 Å². The van der Waals surface area contributed by atoms with Crippen molar-refractivity contribution in [2.45, 2.75) is 39.0 Å². The second-order valence-electron chi connectivity index (χ2n) is 8.75. The summed E-state index contributed by atoms with van der Waals surface area (Å²) in [5, 5.41) is 0. The molecule has 2 rings (SSSR count). The van der Waals surface area contributed by atoms with Crippen LogP contribution in [0.4, 0.5) is 0 Å². The standard InChI is InChI=1S/C29H36O6/c1-6-27(30)34-20-18-32-25-12-8-23(9-13-25)29(5,17-16-22(3)4)24-10-14-26(15-11-24)33-19-21-35-28(31)7-2/h6-15,22H,1-2,16-21H2,3-5H3. The van der Waals surface area contributed by atoms with Gasteiger partial charge in [-0.25, -0.2) is 9.59 Å². The summed E-state index contributed by atoms with van der Waals surface area (Å²) in [6.45, 7) is 14.3. The molecule has 2 aromatic carbocycles. The van der Waals surface area contributed by atoms with Gasteiger partial charge in [0.25, 0.3) is 0 Å². The molecule has 0 unspecified atom stereocenters. The van der Waals surface area contributed by atoms with E-state index >= 15 is 0 Å². The Morgan fingerprint density at radius 3 is 1.51 bits per heavy atom. The largest absolute Gasteiger partial charge is 0.490 e. The first-order valence-electron chi connectivity index (χ1n) is 11.8. The highest BCUT2D eigenvalue weighted by Gasteiger charge is 2.29. The molecule has 35 heavy (non-hydrogen) atoms. The molecule has 0 radical (unpaired) electrons. The van der Waals surface area contributed by atoms with Crippen LogP contribution in [0.25, 0.3) is 0 Å². The summed E-state index contributed by atoms with van der Waals surface area (Å²) >= 11 is 0. The minimum atomic E-state index is -0.461. The number of esters is 2. The second kappa shape index (κ2) is 14.0. The summed E-state index contributed by atoms with van der Waals surface area (Å²) < 4.78 is 21.3. The quantitative estimate of drug-likeness (QED) is 0.187. The molecule has 0 bridgehead atoms. The van der Waals surface area contributed by atoms with Crippen LogP contribution in [0.5, 0.6) is 11.5 Å². The van der Waals surface area contributed by atoms with Gasteiger partial charge < -0.3 is 18.9 Å². The highest BCUT2D eigenvalue weighted by atomic mass is 16.6. The van der Waals surface area contributed by atoms with Gasteiger partial charge in [-0.05, 0) is 54.2 Å². The first kappa shape index (κ1) is 27.7. The molecule has 6 heteroatoms. The van der Waals surface area contributed by atoms with Crippen molar-refractivity contribution < 1.29 is 28.5 Å². The van der Waals surface area contributed by atoms with Gasteiger partial charge >= 0.3 is 11.9 Å². The lowest BCUT2D eigenvalue weighted by Crippen LogP contribution is -2.24. The number of hydrogen-bond donors (Lipinski definition) is 0. The first-order chi connectivity index (χ1) is 16.8. The Labute approximate surface area is 208 Å². The lowest BCUT2D eigenvalue weighted by Gasteiger charge is -2.32. The Balaban J connectivity index is 2.08. The van der Waals surface area contributed by atoms with Gasteiger partial charge in [0.05, 0.1) is 0 Å². The molecule has 0 saturated carbocycles. The van der Waals surface area contributed by atoms with E-state index in [1.54, 1.807) is 0 Å². The topological polar surface area (TPSA) is 71.1 Å². The fraction of sp³-hybridized carbons (Fsp3) is 0.379. The number of benzene rings is 2. The molecule has 188 valence electrons. The fourth-order valence-corrected chi connectivity index (χ4v) is 3.59. The van der Waals surface area contributed by atoms with E-state index in [9.17, 15) is 9.59 Å². The number of hydrogen-bond acceptors (Lipinski definition) is 6. The summed E-state index contributed by atoms with van der Waals surface area (Å²) in [5.41, 5.74) is 2.18. The average Bonchev–Trinajstić information content (AvgIpc) is 2.88. The van der Waals surface area contributed by atoms with Crippen LogP contribution in [0.3, 0.4) is 0 Å². The zero-order chi connectivity index (χ0) is 25.7. The summed E-state index contributed by atoms with van der Waals surface area (Å²) in [5.74, 6) is 1.09. The van der Waals surface area contributed by atoms with Gasteiger partial charge in [0.2, 0.25) is 0 Å². The molecule has 0 fully saturated rings. The molecule has 0 aliphatic rings. The Kier molecular flexibility index (Phi) is 11.1. The van der Waals surface area contributed by atoms with Crippen LogP contribution in [-0.4, -0.2) is 38.4 Å². The number of rotatable bonds is 15. The third-order valence-electron chi connectivity index (χ3n) is 5.73. The average molecular weight is 481 g/mol. The first-order valence-corrected chi connectivity index (χ1v) is 11.8. The SMILES string of the molecule is C=CC(=O)OCCOc1ccc(C(C)(CCC(C)C)c2ccc(OCCOC(=O)C=C)cc2)cc1. The van der Waals surface area contributed by atoms with E-state index < -0.39 is 11.9 Å². The van der Waals surface area contributed by atoms with Crippen LogP contribution < -0.4 is 9.47 Å². The zero-order valence-corrected chi connectivity index (χ0v) is 21.0. The maximum absolute atomic E-state index is 11.1.